The SMILES string of the molecule is CN(C)CCOc1cccc(NC(=O)c2ccco2)c1. The quantitative estimate of drug-likeness (QED) is 0.879. The van der Waals surface area contributed by atoms with E-state index in [2.05, 4.69) is 5.32 Å². The van der Waals surface area contributed by atoms with Crippen LogP contribution in [0.4, 0.5) is 5.69 Å². The topological polar surface area (TPSA) is 54.7 Å². The number of rotatable bonds is 6. The molecule has 1 amide bonds. The highest BCUT2D eigenvalue weighted by Gasteiger charge is 2.08. The molecule has 1 heterocycles. The lowest BCUT2D eigenvalue weighted by atomic mass is 10.3. The molecule has 5 heteroatoms. The van der Waals surface area contributed by atoms with Crippen molar-refractivity contribution >= 4 is 11.6 Å². The van der Waals surface area contributed by atoms with Crippen LogP contribution < -0.4 is 10.1 Å². The summed E-state index contributed by atoms with van der Waals surface area (Å²) in [7, 11) is 3.98. The summed E-state index contributed by atoms with van der Waals surface area (Å²) in [5, 5.41) is 2.76. The molecule has 5 nitrogen and oxygen atoms in total. The summed E-state index contributed by atoms with van der Waals surface area (Å²) in [6, 6.07) is 10.6. The molecule has 1 N–H and O–H groups in total. The highest BCUT2D eigenvalue weighted by molar-refractivity contribution is 6.02. The highest BCUT2D eigenvalue weighted by atomic mass is 16.5. The predicted molar refractivity (Wildman–Crippen MR) is 77.2 cm³/mol. The standard InChI is InChI=1S/C15H18N2O3/c1-17(2)8-10-19-13-6-3-5-12(11-13)16-15(18)14-7-4-9-20-14/h3-7,9,11H,8,10H2,1-2H3,(H,16,18). The first-order chi connectivity index (χ1) is 9.65. The van der Waals surface area contributed by atoms with Gasteiger partial charge < -0.3 is 19.4 Å². The summed E-state index contributed by atoms with van der Waals surface area (Å²) in [5.41, 5.74) is 0.675. The van der Waals surface area contributed by atoms with Gasteiger partial charge in [0.25, 0.3) is 5.91 Å². The van der Waals surface area contributed by atoms with Crippen LogP contribution in [0.3, 0.4) is 0 Å². The Labute approximate surface area is 118 Å². The molecular formula is C15H18N2O3. The van der Waals surface area contributed by atoms with Crippen molar-refractivity contribution < 1.29 is 13.9 Å². The minimum absolute atomic E-state index is 0.277. The number of carbonyl (C=O) groups excluding carboxylic acids is 1. The molecule has 2 aromatic rings. The van der Waals surface area contributed by atoms with E-state index in [1.165, 1.54) is 6.26 Å². The average Bonchev–Trinajstić information content (AvgIpc) is 2.92. The van der Waals surface area contributed by atoms with Crippen LogP contribution >= 0.6 is 0 Å². The smallest absolute Gasteiger partial charge is 0.291 e. The second-order valence-corrected chi connectivity index (χ2v) is 4.61. The maximum atomic E-state index is 11.8. The van der Waals surface area contributed by atoms with Gasteiger partial charge in [0.15, 0.2) is 5.76 Å². The lowest BCUT2D eigenvalue weighted by Crippen LogP contribution is -2.19. The van der Waals surface area contributed by atoms with Gasteiger partial charge in [0.05, 0.1) is 6.26 Å². The van der Waals surface area contributed by atoms with E-state index in [0.29, 0.717) is 12.3 Å². The number of amides is 1. The Morgan fingerprint density at radius 3 is 2.85 bits per heavy atom. The molecule has 1 aromatic heterocycles. The van der Waals surface area contributed by atoms with Crippen LogP contribution in [0.15, 0.2) is 47.1 Å². The average molecular weight is 274 g/mol. The van der Waals surface area contributed by atoms with Crippen molar-refractivity contribution in [2.75, 3.05) is 32.6 Å². The molecule has 0 aliphatic rings. The molecule has 0 aliphatic heterocycles. The monoisotopic (exact) mass is 274 g/mol. The van der Waals surface area contributed by atoms with Crippen molar-refractivity contribution in [1.82, 2.24) is 4.90 Å². The van der Waals surface area contributed by atoms with Gasteiger partial charge in [0.2, 0.25) is 0 Å². The summed E-state index contributed by atoms with van der Waals surface area (Å²) >= 11 is 0. The van der Waals surface area contributed by atoms with E-state index in [-0.39, 0.29) is 11.7 Å². The van der Waals surface area contributed by atoms with Crippen molar-refractivity contribution in [3.8, 4) is 5.75 Å². The Kier molecular flexibility index (Phi) is 4.79. The number of anilines is 1. The number of nitrogens with zero attached hydrogens (tertiary/aromatic N) is 1. The molecule has 0 fully saturated rings. The van der Waals surface area contributed by atoms with Crippen LogP contribution in [0.25, 0.3) is 0 Å². The fraction of sp³-hybridized carbons (Fsp3) is 0.267. The first-order valence-electron chi connectivity index (χ1n) is 6.37. The van der Waals surface area contributed by atoms with Crippen LogP contribution in [0.2, 0.25) is 0 Å². The van der Waals surface area contributed by atoms with E-state index in [0.717, 1.165) is 12.3 Å². The minimum atomic E-state index is -0.277. The van der Waals surface area contributed by atoms with Crippen molar-refractivity contribution in [2.24, 2.45) is 0 Å². The largest absolute Gasteiger partial charge is 0.492 e. The van der Waals surface area contributed by atoms with Crippen molar-refractivity contribution in [1.29, 1.82) is 0 Å². The molecule has 0 saturated heterocycles. The van der Waals surface area contributed by atoms with E-state index >= 15 is 0 Å². The molecule has 2 rings (SSSR count). The summed E-state index contributed by atoms with van der Waals surface area (Å²) in [5.74, 6) is 0.730. The third-order valence-electron chi connectivity index (χ3n) is 2.64. The van der Waals surface area contributed by atoms with Gasteiger partial charge in [-0.05, 0) is 38.4 Å². The number of hydrogen-bond acceptors (Lipinski definition) is 4. The van der Waals surface area contributed by atoms with Gasteiger partial charge in [-0.25, -0.2) is 0 Å². The molecule has 0 atom stereocenters. The van der Waals surface area contributed by atoms with Crippen LogP contribution in [-0.2, 0) is 0 Å². The number of likely N-dealkylation sites (N-methyl/N-ethyl adjacent to an activating group) is 1. The number of carbonyl (C=O) groups is 1. The summed E-state index contributed by atoms with van der Waals surface area (Å²) in [6.45, 7) is 1.44. The van der Waals surface area contributed by atoms with Crippen LogP contribution in [0.5, 0.6) is 5.75 Å². The molecule has 20 heavy (non-hydrogen) atoms. The third kappa shape index (κ3) is 4.13. The fourth-order valence-electron chi connectivity index (χ4n) is 1.61. The maximum absolute atomic E-state index is 11.8. The number of furan rings is 1. The van der Waals surface area contributed by atoms with Gasteiger partial charge in [-0.2, -0.15) is 0 Å². The number of hydrogen-bond donors (Lipinski definition) is 1. The predicted octanol–water partition coefficient (Wildman–Crippen LogP) is 2.47. The maximum Gasteiger partial charge on any atom is 0.291 e. The Morgan fingerprint density at radius 1 is 1.30 bits per heavy atom. The van der Waals surface area contributed by atoms with E-state index in [1.54, 1.807) is 24.3 Å². The van der Waals surface area contributed by atoms with Crippen molar-refractivity contribution in [2.45, 2.75) is 0 Å². The Hall–Kier alpha value is -2.27. The van der Waals surface area contributed by atoms with Gasteiger partial charge in [-0.3, -0.25) is 4.79 Å². The first-order valence-corrected chi connectivity index (χ1v) is 6.37. The molecule has 106 valence electrons. The molecule has 0 radical (unpaired) electrons. The van der Waals surface area contributed by atoms with E-state index in [4.69, 9.17) is 9.15 Å². The lowest BCUT2D eigenvalue weighted by molar-refractivity contribution is 0.0996. The number of nitrogens with one attached hydrogen (secondary N) is 1. The van der Waals surface area contributed by atoms with Crippen LogP contribution in [0.1, 0.15) is 10.6 Å². The molecule has 0 saturated carbocycles. The summed E-state index contributed by atoms with van der Waals surface area (Å²) in [6.07, 6.45) is 1.47. The molecule has 0 unspecified atom stereocenters. The number of ether oxygens (including phenoxy) is 1. The van der Waals surface area contributed by atoms with Gasteiger partial charge in [-0.1, -0.05) is 6.07 Å². The minimum Gasteiger partial charge on any atom is -0.492 e. The zero-order valence-corrected chi connectivity index (χ0v) is 11.6. The van der Waals surface area contributed by atoms with Gasteiger partial charge in [-0.15, -0.1) is 0 Å². The lowest BCUT2D eigenvalue weighted by Gasteiger charge is -2.11. The van der Waals surface area contributed by atoms with Gasteiger partial charge in [0.1, 0.15) is 12.4 Å². The van der Waals surface area contributed by atoms with Crippen LogP contribution in [-0.4, -0.2) is 38.1 Å². The van der Waals surface area contributed by atoms with Crippen LogP contribution in [0, 0.1) is 0 Å². The van der Waals surface area contributed by atoms with E-state index < -0.39 is 0 Å². The zero-order chi connectivity index (χ0) is 14.4. The second-order valence-electron chi connectivity index (χ2n) is 4.61. The third-order valence-corrected chi connectivity index (χ3v) is 2.64. The first kappa shape index (κ1) is 14.1. The summed E-state index contributed by atoms with van der Waals surface area (Å²) in [4.78, 5) is 13.9. The zero-order valence-electron chi connectivity index (χ0n) is 11.6. The Bertz CT molecular complexity index is 550. The molecule has 0 bridgehead atoms. The van der Waals surface area contributed by atoms with E-state index in [1.807, 2.05) is 31.1 Å². The Balaban J connectivity index is 1.94. The normalized spacial score (nSPS) is 10.6. The summed E-state index contributed by atoms with van der Waals surface area (Å²) < 4.78 is 10.7. The van der Waals surface area contributed by atoms with E-state index in [9.17, 15) is 4.79 Å². The van der Waals surface area contributed by atoms with Crippen molar-refractivity contribution in [3.05, 3.63) is 48.4 Å². The highest BCUT2D eigenvalue weighted by Crippen LogP contribution is 2.18. The molecular weight excluding hydrogens is 256 g/mol. The molecule has 0 aliphatic carbocycles. The number of benzene rings is 1. The molecule has 0 spiro atoms. The van der Waals surface area contributed by atoms with Crippen molar-refractivity contribution in [3.63, 3.8) is 0 Å². The van der Waals surface area contributed by atoms with Gasteiger partial charge in [0, 0.05) is 18.3 Å². The van der Waals surface area contributed by atoms with Gasteiger partial charge >= 0.3 is 0 Å². The Morgan fingerprint density at radius 2 is 2.15 bits per heavy atom. The molecule has 1 aromatic carbocycles. The fourth-order valence-corrected chi connectivity index (χ4v) is 1.61. The second kappa shape index (κ2) is 6.77.